The van der Waals surface area contributed by atoms with Gasteiger partial charge in [-0.05, 0) is 17.7 Å². The summed E-state index contributed by atoms with van der Waals surface area (Å²) in [6.07, 6.45) is 1.97. The van der Waals surface area contributed by atoms with E-state index in [0.29, 0.717) is 17.1 Å². The van der Waals surface area contributed by atoms with E-state index < -0.39 is 0 Å². The Balaban J connectivity index is 2.74. The van der Waals surface area contributed by atoms with E-state index in [1.54, 1.807) is 6.07 Å². The summed E-state index contributed by atoms with van der Waals surface area (Å²) in [5, 5.41) is 0.667. The number of hydrogen-bond acceptors (Lipinski definition) is 2. The van der Waals surface area contributed by atoms with Crippen molar-refractivity contribution in [1.82, 2.24) is 0 Å². The van der Waals surface area contributed by atoms with Crippen LogP contribution in [0.25, 0.3) is 0 Å². The molecule has 0 unspecified atom stereocenters. The van der Waals surface area contributed by atoms with Gasteiger partial charge in [-0.2, -0.15) is 4.99 Å². The van der Waals surface area contributed by atoms with Crippen molar-refractivity contribution in [1.29, 1.82) is 0 Å². The average Bonchev–Trinajstić information content (AvgIpc) is 2.04. The minimum atomic E-state index is 0.484. The zero-order valence-electron chi connectivity index (χ0n) is 6.96. The van der Waals surface area contributed by atoms with Gasteiger partial charge >= 0.3 is 0 Å². The van der Waals surface area contributed by atoms with E-state index in [9.17, 15) is 4.79 Å². The lowest BCUT2D eigenvalue weighted by Crippen LogP contribution is -1.85. The number of isocyanates is 1. The Morgan fingerprint density at radius 2 is 2.38 bits per heavy atom. The van der Waals surface area contributed by atoms with Crippen LogP contribution in [0.5, 0.6) is 0 Å². The molecule has 1 aromatic carbocycles. The van der Waals surface area contributed by atoms with Crippen LogP contribution in [-0.4, -0.2) is 6.08 Å². The fraction of sp³-hybridized carbons (Fsp3) is 0.100. The normalized spacial score (nSPS) is 9.00. The molecule has 1 aromatic rings. The van der Waals surface area contributed by atoms with Gasteiger partial charge in [0.25, 0.3) is 0 Å². The smallest absolute Gasteiger partial charge is 0.211 e. The lowest BCUT2D eigenvalue weighted by molar-refractivity contribution is 0.564. The van der Waals surface area contributed by atoms with Gasteiger partial charge in [0, 0.05) is 11.4 Å². The first-order valence-electron chi connectivity index (χ1n) is 3.72. The third-order valence-corrected chi connectivity index (χ3v) is 1.74. The maximum Gasteiger partial charge on any atom is 0.240 e. The first-order chi connectivity index (χ1) is 6.22. The highest BCUT2D eigenvalue weighted by molar-refractivity contribution is 6.30. The zero-order chi connectivity index (χ0) is 9.68. The lowest BCUT2D eigenvalue weighted by atomic mass is 10.1. The highest BCUT2D eigenvalue weighted by Crippen LogP contribution is 2.13. The minimum Gasteiger partial charge on any atom is -0.211 e. The van der Waals surface area contributed by atoms with E-state index in [4.69, 9.17) is 11.6 Å². The number of hydrogen-bond donors (Lipinski definition) is 0. The molecule has 0 atom stereocenters. The molecule has 0 aliphatic rings. The second-order valence-corrected chi connectivity index (χ2v) is 3.01. The predicted octanol–water partition coefficient (Wildman–Crippen LogP) is 2.73. The fourth-order valence-corrected chi connectivity index (χ4v) is 1.20. The molecule has 13 heavy (non-hydrogen) atoms. The molecule has 0 bridgehead atoms. The molecule has 0 saturated heterocycles. The third-order valence-electron chi connectivity index (χ3n) is 1.50. The number of halogens is 1. The first-order valence-corrected chi connectivity index (χ1v) is 4.10. The highest BCUT2D eigenvalue weighted by atomic mass is 35.5. The van der Waals surface area contributed by atoms with Gasteiger partial charge in [-0.3, -0.25) is 0 Å². The Morgan fingerprint density at radius 1 is 1.62 bits per heavy atom. The fourth-order valence-electron chi connectivity index (χ4n) is 0.987. The van der Waals surface area contributed by atoms with Crippen LogP contribution in [0.15, 0.2) is 41.5 Å². The number of carbonyl (C=O) groups excluding carboxylic acids is 1. The molecule has 0 spiro atoms. The van der Waals surface area contributed by atoms with Crippen molar-refractivity contribution in [3.8, 4) is 0 Å². The van der Waals surface area contributed by atoms with Crippen LogP contribution in [0, 0.1) is 0 Å². The molecule has 0 N–H and O–H groups in total. The van der Waals surface area contributed by atoms with E-state index in [2.05, 4.69) is 11.6 Å². The molecule has 1 rings (SSSR count). The molecule has 0 heterocycles. The molecule has 3 heteroatoms. The number of allylic oxidation sites excluding steroid dienone is 1. The summed E-state index contributed by atoms with van der Waals surface area (Å²) in [5.74, 6) is 0. The van der Waals surface area contributed by atoms with Gasteiger partial charge < -0.3 is 0 Å². The molecule has 0 radical (unpaired) electrons. The van der Waals surface area contributed by atoms with E-state index in [1.165, 1.54) is 6.08 Å². The Labute approximate surface area is 81.6 Å². The summed E-state index contributed by atoms with van der Waals surface area (Å²) < 4.78 is 0. The van der Waals surface area contributed by atoms with Crippen LogP contribution < -0.4 is 0 Å². The second kappa shape index (κ2) is 4.61. The Hall–Kier alpha value is -1.37. The molecule has 66 valence electrons. The molecule has 0 fully saturated rings. The molecular formula is C10H8ClNO. The van der Waals surface area contributed by atoms with Gasteiger partial charge in [-0.15, -0.1) is 0 Å². The zero-order valence-corrected chi connectivity index (χ0v) is 7.71. The average molecular weight is 194 g/mol. The topological polar surface area (TPSA) is 29.4 Å². The molecule has 2 nitrogen and oxygen atoms in total. The molecule has 0 aliphatic carbocycles. The van der Waals surface area contributed by atoms with Crippen molar-refractivity contribution in [2.24, 2.45) is 4.99 Å². The van der Waals surface area contributed by atoms with Gasteiger partial charge in [0.2, 0.25) is 6.08 Å². The summed E-state index contributed by atoms with van der Waals surface area (Å²) in [7, 11) is 0. The number of aliphatic imine (C=N–C) groups is 1. The predicted molar refractivity (Wildman–Crippen MR) is 52.4 cm³/mol. The third kappa shape index (κ3) is 3.24. The highest BCUT2D eigenvalue weighted by Gasteiger charge is 1.96. The molecular weight excluding hydrogens is 186 g/mol. The quantitative estimate of drug-likeness (QED) is 0.536. The van der Waals surface area contributed by atoms with Crippen molar-refractivity contribution in [2.45, 2.75) is 6.42 Å². The SMILES string of the molecule is C=C(Cc1cccc(Cl)c1)N=C=O. The van der Waals surface area contributed by atoms with Gasteiger partial charge in [-0.25, -0.2) is 4.79 Å². The van der Waals surface area contributed by atoms with Crippen LogP contribution in [-0.2, 0) is 11.2 Å². The van der Waals surface area contributed by atoms with Crippen molar-refractivity contribution < 1.29 is 4.79 Å². The van der Waals surface area contributed by atoms with Crippen molar-refractivity contribution in [3.63, 3.8) is 0 Å². The molecule has 0 aliphatic heterocycles. The van der Waals surface area contributed by atoms with Gasteiger partial charge in [0.05, 0.1) is 5.70 Å². The number of rotatable bonds is 3. The van der Waals surface area contributed by atoms with Crippen LogP contribution >= 0.6 is 11.6 Å². The summed E-state index contributed by atoms with van der Waals surface area (Å²) in [6, 6.07) is 7.34. The second-order valence-electron chi connectivity index (χ2n) is 2.58. The molecule has 0 saturated carbocycles. The van der Waals surface area contributed by atoms with Crippen LogP contribution in [0.1, 0.15) is 5.56 Å². The van der Waals surface area contributed by atoms with Crippen molar-refractivity contribution >= 4 is 17.7 Å². The van der Waals surface area contributed by atoms with E-state index in [1.807, 2.05) is 18.2 Å². The van der Waals surface area contributed by atoms with Crippen molar-refractivity contribution in [3.05, 3.63) is 47.1 Å². The Bertz CT molecular complexity index is 367. The van der Waals surface area contributed by atoms with Crippen molar-refractivity contribution in [2.75, 3.05) is 0 Å². The van der Waals surface area contributed by atoms with E-state index in [0.717, 1.165) is 5.56 Å². The first kappa shape index (κ1) is 9.72. The van der Waals surface area contributed by atoms with E-state index in [-0.39, 0.29) is 0 Å². The maximum atomic E-state index is 9.89. The minimum absolute atomic E-state index is 0.484. The standard InChI is InChI=1S/C10H8ClNO/c1-8(12-7-13)5-9-3-2-4-10(11)6-9/h2-4,6H,1,5H2. The van der Waals surface area contributed by atoms with Crippen LogP contribution in [0.4, 0.5) is 0 Å². The van der Waals surface area contributed by atoms with E-state index >= 15 is 0 Å². The number of benzene rings is 1. The van der Waals surface area contributed by atoms with Crippen LogP contribution in [0.3, 0.4) is 0 Å². The summed E-state index contributed by atoms with van der Waals surface area (Å²) >= 11 is 5.77. The molecule has 0 aromatic heterocycles. The summed E-state index contributed by atoms with van der Waals surface area (Å²) in [4.78, 5) is 13.3. The lowest BCUT2D eigenvalue weighted by Gasteiger charge is -1.98. The van der Waals surface area contributed by atoms with Gasteiger partial charge in [0.1, 0.15) is 0 Å². The van der Waals surface area contributed by atoms with Gasteiger partial charge in [-0.1, -0.05) is 30.3 Å². The number of nitrogens with zero attached hydrogens (tertiary/aromatic N) is 1. The molecule has 0 amide bonds. The Kier molecular flexibility index (Phi) is 3.44. The van der Waals surface area contributed by atoms with Crippen LogP contribution in [0.2, 0.25) is 5.02 Å². The summed E-state index contributed by atoms with van der Waals surface area (Å²) in [6.45, 7) is 3.60. The summed E-state index contributed by atoms with van der Waals surface area (Å²) in [5.41, 5.74) is 1.47. The Morgan fingerprint density at radius 3 is 3.00 bits per heavy atom. The monoisotopic (exact) mass is 193 g/mol. The maximum absolute atomic E-state index is 9.89. The largest absolute Gasteiger partial charge is 0.240 e. The van der Waals surface area contributed by atoms with Gasteiger partial charge in [0.15, 0.2) is 0 Å².